The molecule has 0 saturated carbocycles. The number of rotatable bonds is 6. The van der Waals surface area contributed by atoms with Crippen molar-refractivity contribution in [2.75, 3.05) is 25.5 Å². The van der Waals surface area contributed by atoms with Crippen molar-refractivity contribution in [1.82, 2.24) is 5.32 Å². The molecule has 0 radical (unpaired) electrons. The van der Waals surface area contributed by atoms with E-state index in [1.807, 2.05) is 0 Å². The minimum Gasteiger partial charge on any atom is -0.468 e. The SMILES string of the molecule is COC(=O)CNC(=O)c1ccc(NC(=O)CCN)cc1.Cl. The number of hydrogen-bond acceptors (Lipinski definition) is 5. The summed E-state index contributed by atoms with van der Waals surface area (Å²) >= 11 is 0. The number of nitrogens with one attached hydrogen (secondary N) is 2. The molecular weight excluding hydrogens is 298 g/mol. The van der Waals surface area contributed by atoms with Crippen LogP contribution in [0.25, 0.3) is 0 Å². The summed E-state index contributed by atoms with van der Waals surface area (Å²) in [7, 11) is 1.24. The Kier molecular flexibility index (Phi) is 8.75. The number of methoxy groups -OCH3 is 1. The summed E-state index contributed by atoms with van der Waals surface area (Å²) in [5.74, 6) is -1.10. The van der Waals surface area contributed by atoms with Crippen LogP contribution in [-0.2, 0) is 14.3 Å². The fraction of sp³-hybridized carbons (Fsp3) is 0.308. The minimum atomic E-state index is -0.524. The summed E-state index contributed by atoms with van der Waals surface area (Å²) in [6.45, 7) is 0.0875. The van der Waals surface area contributed by atoms with Crippen LogP contribution in [0.4, 0.5) is 5.69 Å². The second-order valence-electron chi connectivity index (χ2n) is 3.92. The molecule has 8 heteroatoms. The number of nitrogens with two attached hydrogens (primary N) is 1. The smallest absolute Gasteiger partial charge is 0.325 e. The van der Waals surface area contributed by atoms with Crippen LogP contribution in [0, 0.1) is 0 Å². The largest absolute Gasteiger partial charge is 0.468 e. The highest BCUT2D eigenvalue weighted by atomic mass is 35.5. The topological polar surface area (TPSA) is 111 Å². The predicted octanol–water partition coefficient (Wildman–Crippen LogP) is 0.298. The van der Waals surface area contributed by atoms with E-state index >= 15 is 0 Å². The lowest BCUT2D eigenvalue weighted by atomic mass is 10.2. The summed E-state index contributed by atoms with van der Waals surface area (Å²) in [6, 6.07) is 6.29. The Morgan fingerprint density at radius 2 is 1.81 bits per heavy atom. The number of hydrogen-bond donors (Lipinski definition) is 3. The van der Waals surface area contributed by atoms with Gasteiger partial charge in [0.25, 0.3) is 5.91 Å². The predicted molar refractivity (Wildman–Crippen MR) is 80.3 cm³/mol. The van der Waals surface area contributed by atoms with Gasteiger partial charge in [-0.25, -0.2) is 0 Å². The van der Waals surface area contributed by atoms with Crippen molar-refractivity contribution in [3.63, 3.8) is 0 Å². The van der Waals surface area contributed by atoms with Crippen LogP contribution in [0.15, 0.2) is 24.3 Å². The molecule has 1 rings (SSSR count). The van der Waals surface area contributed by atoms with Gasteiger partial charge in [-0.3, -0.25) is 14.4 Å². The van der Waals surface area contributed by atoms with Crippen molar-refractivity contribution in [1.29, 1.82) is 0 Å². The molecular formula is C13H18ClN3O4. The zero-order chi connectivity index (χ0) is 15.0. The van der Waals surface area contributed by atoms with Gasteiger partial charge in [-0.2, -0.15) is 0 Å². The van der Waals surface area contributed by atoms with Crippen molar-refractivity contribution < 1.29 is 19.1 Å². The van der Waals surface area contributed by atoms with E-state index in [2.05, 4.69) is 15.4 Å². The zero-order valence-corrected chi connectivity index (χ0v) is 12.4. The van der Waals surface area contributed by atoms with E-state index in [4.69, 9.17) is 5.73 Å². The molecule has 0 fully saturated rings. The van der Waals surface area contributed by atoms with E-state index in [0.717, 1.165) is 0 Å². The second kappa shape index (κ2) is 9.73. The Morgan fingerprint density at radius 3 is 2.33 bits per heavy atom. The Hall–Kier alpha value is -2.12. The Bertz CT molecular complexity index is 491. The van der Waals surface area contributed by atoms with Crippen molar-refractivity contribution >= 4 is 35.9 Å². The van der Waals surface area contributed by atoms with Crippen LogP contribution in [0.2, 0.25) is 0 Å². The average Bonchev–Trinajstić information content (AvgIpc) is 2.45. The van der Waals surface area contributed by atoms with Gasteiger partial charge in [0, 0.05) is 24.2 Å². The van der Waals surface area contributed by atoms with Gasteiger partial charge in [0.05, 0.1) is 7.11 Å². The normalized spacial score (nSPS) is 9.24. The first kappa shape index (κ1) is 18.9. The van der Waals surface area contributed by atoms with Crippen molar-refractivity contribution in [2.45, 2.75) is 6.42 Å². The number of benzene rings is 1. The van der Waals surface area contributed by atoms with E-state index in [0.29, 0.717) is 11.3 Å². The molecule has 4 N–H and O–H groups in total. The second-order valence-corrected chi connectivity index (χ2v) is 3.92. The number of halogens is 1. The van der Waals surface area contributed by atoms with Gasteiger partial charge < -0.3 is 21.1 Å². The van der Waals surface area contributed by atoms with Crippen LogP contribution in [0.1, 0.15) is 16.8 Å². The highest BCUT2D eigenvalue weighted by Gasteiger charge is 2.08. The number of esters is 1. The monoisotopic (exact) mass is 315 g/mol. The van der Waals surface area contributed by atoms with E-state index in [1.165, 1.54) is 7.11 Å². The molecule has 0 aliphatic carbocycles. The summed E-state index contributed by atoms with van der Waals surface area (Å²) in [4.78, 5) is 33.9. The first-order valence-corrected chi connectivity index (χ1v) is 6.02. The van der Waals surface area contributed by atoms with E-state index in [-0.39, 0.29) is 37.8 Å². The van der Waals surface area contributed by atoms with Gasteiger partial charge in [0.15, 0.2) is 0 Å². The number of carbonyl (C=O) groups is 3. The number of carbonyl (C=O) groups excluding carboxylic acids is 3. The van der Waals surface area contributed by atoms with Crippen molar-refractivity contribution in [2.24, 2.45) is 5.73 Å². The van der Waals surface area contributed by atoms with Gasteiger partial charge in [0.2, 0.25) is 5.91 Å². The molecule has 0 heterocycles. The van der Waals surface area contributed by atoms with Crippen LogP contribution in [0.5, 0.6) is 0 Å². The van der Waals surface area contributed by atoms with Crippen molar-refractivity contribution in [3.05, 3.63) is 29.8 Å². The third kappa shape index (κ3) is 6.73. The molecule has 0 bridgehead atoms. The minimum absolute atomic E-state index is 0. The molecule has 2 amide bonds. The molecule has 116 valence electrons. The van der Waals surface area contributed by atoms with E-state index in [1.54, 1.807) is 24.3 Å². The first-order valence-electron chi connectivity index (χ1n) is 6.02. The molecule has 0 unspecified atom stereocenters. The maximum absolute atomic E-state index is 11.7. The van der Waals surface area contributed by atoms with Gasteiger partial charge in [-0.15, -0.1) is 12.4 Å². The summed E-state index contributed by atoms with van der Waals surface area (Å²) in [5, 5.41) is 5.06. The number of amides is 2. The van der Waals surface area contributed by atoms with E-state index < -0.39 is 11.9 Å². The Balaban J connectivity index is 0.00000400. The molecule has 0 saturated heterocycles. The Morgan fingerprint density at radius 1 is 1.19 bits per heavy atom. The molecule has 7 nitrogen and oxygen atoms in total. The van der Waals surface area contributed by atoms with Gasteiger partial charge >= 0.3 is 5.97 Å². The van der Waals surface area contributed by atoms with Gasteiger partial charge in [-0.05, 0) is 24.3 Å². The summed E-state index contributed by atoms with van der Waals surface area (Å²) in [6.07, 6.45) is 0.237. The fourth-order valence-electron chi connectivity index (χ4n) is 1.39. The quantitative estimate of drug-likeness (QED) is 0.654. The summed E-state index contributed by atoms with van der Waals surface area (Å²) < 4.78 is 4.41. The molecule has 0 aliphatic heterocycles. The first-order chi connectivity index (χ1) is 9.56. The summed E-state index contributed by atoms with van der Waals surface area (Å²) in [5.41, 5.74) is 6.22. The fourth-order valence-corrected chi connectivity index (χ4v) is 1.39. The van der Waals surface area contributed by atoms with Gasteiger partial charge in [0.1, 0.15) is 6.54 Å². The molecule has 21 heavy (non-hydrogen) atoms. The zero-order valence-electron chi connectivity index (χ0n) is 11.5. The number of anilines is 1. The van der Waals surface area contributed by atoms with E-state index in [9.17, 15) is 14.4 Å². The maximum Gasteiger partial charge on any atom is 0.325 e. The lowest BCUT2D eigenvalue weighted by Gasteiger charge is -2.06. The third-order valence-corrected chi connectivity index (χ3v) is 2.42. The molecule has 0 atom stereocenters. The lowest BCUT2D eigenvalue weighted by molar-refractivity contribution is -0.139. The molecule has 1 aromatic carbocycles. The highest BCUT2D eigenvalue weighted by molar-refractivity contribution is 5.97. The lowest BCUT2D eigenvalue weighted by Crippen LogP contribution is -2.30. The Labute approximate surface area is 128 Å². The molecule has 0 aromatic heterocycles. The van der Waals surface area contributed by atoms with Crippen LogP contribution >= 0.6 is 12.4 Å². The highest BCUT2D eigenvalue weighted by Crippen LogP contribution is 2.09. The van der Waals surface area contributed by atoms with Crippen molar-refractivity contribution in [3.8, 4) is 0 Å². The van der Waals surface area contributed by atoms with Crippen LogP contribution < -0.4 is 16.4 Å². The molecule has 1 aromatic rings. The van der Waals surface area contributed by atoms with Crippen LogP contribution in [0.3, 0.4) is 0 Å². The number of ether oxygens (including phenoxy) is 1. The third-order valence-electron chi connectivity index (χ3n) is 2.42. The van der Waals surface area contributed by atoms with Gasteiger partial charge in [-0.1, -0.05) is 0 Å². The maximum atomic E-state index is 11.7. The molecule has 0 spiro atoms. The average molecular weight is 316 g/mol. The molecule has 0 aliphatic rings. The standard InChI is InChI=1S/C13H17N3O4.ClH/c1-20-12(18)8-15-13(19)9-2-4-10(5-3-9)16-11(17)6-7-14;/h2-5H,6-8,14H2,1H3,(H,15,19)(H,16,17);1H. The van der Waals surface area contributed by atoms with Crippen LogP contribution in [-0.4, -0.2) is 38.0 Å².